The molecular weight excluding hydrogens is 318 g/mol. The van der Waals surface area contributed by atoms with Gasteiger partial charge in [0.05, 0.1) is 6.10 Å². The summed E-state index contributed by atoms with van der Waals surface area (Å²) in [5.74, 6) is 0.564. The van der Waals surface area contributed by atoms with E-state index in [2.05, 4.69) is 15.4 Å². The van der Waals surface area contributed by atoms with Gasteiger partial charge >= 0.3 is 0 Å². The smallest absolute Gasteiger partial charge is 0.273 e. The molecule has 0 bridgehead atoms. The van der Waals surface area contributed by atoms with Crippen LogP contribution in [0.1, 0.15) is 75.5 Å². The summed E-state index contributed by atoms with van der Waals surface area (Å²) in [4.78, 5) is 14.8. The number of amides is 1. The third-order valence-corrected chi connectivity index (χ3v) is 5.51. The number of likely N-dealkylation sites (tertiary alicyclic amines) is 1. The minimum atomic E-state index is -0.189. The predicted molar refractivity (Wildman–Crippen MR) is 95.5 cm³/mol. The molecule has 140 valence electrons. The molecule has 3 rings (SSSR count). The Kier molecular flexibility index (Phi) is 5.49. The van der Waals surface area contributed by atoms with E-state index in [1.165, 1.54) is 6.42 Å². The van der Waals surface area contributed by atoms with Crippen molar-refractivity contribution in [3.63, 3.8) is 0 Å². The maximum atomic E-state index is 12.4. The number of nitrogens with zero attached hydrogens (tertiary/aromatic N) is 2. The molecule has 1 aromatic rings. The topological polar surface area (TPSA) is 78.6 Å². The van der Waals surface area contributed by atoms with Crippen LogP contribution >= 0.6 is 0 Å². The van der Waals surface area contributed by atoms with E-state index in [9.17, 15) is 9.90 Å². The number of aliphatic hydroxyl groups is 1. The van der Waals surface area contributed by atoms with E-state index in [1.54, 1.807) is 6.07 Å². The monoisotopic (exact) mass is 349 g/mol. The second kappa shape index (κ2) is 7.46. The van der Waals surface area contributed by atoms with Crippen molar-refractivity contribution in [2.75, 3.05) is 13.1 Å². The lowest BCUT2D eigenvalue weighted by Gasteiger charge is -2.41. The van der Waals surface area contributed by atoms with Gasteiger partial charge in [-0.25, -0.2) is 0 Å². The molecule has 6 nitrogen and oxygen atoms in total. The lowest BCUT2D eigenvalue weighted by Crippen LogP contribution is -2.52. The van der Waals surface area contributed by atoms with E-state index in [-0.39, 0.29) is 23.5 Å². The van der Waals surface area contributed by atoms with Crippen molar-refractivity contribution in [2.45, 2.75) is 82.9 Å². The molecule has 1 saturated carbocycles. The Hall–Kier alpha value is -1.40. The minimum Gasteiger partial charge on any atom is -0.391 e. The summed E-state index contributed by atoms with van der Waals surface area (Å²) in [5.41, 5.74) is 0.201. The predicted octanol–water partition coefficient (Wildman–Crippen LogP) is 2.47. The van der Waals surface area contributed by atoms with Crippen molar-refractivity contribution < 1.29 is 14.4 Å². The highest BCUT2D eigenvalue weighted by Gasteiger charge is 2.32. The molecule has 2 fully saturated rings. The normalized spacial score (nSPS) is 26.6. The molecule has 1 aromatic heterocycles. The van der Waals surface area contributed by atoms with Crippen molar-refractivity contribution in [2.24, 2.45) is 0 Å². The Balaban J connectivity index is 1.50. The fourth-order valence-corrected chi connectivity index (χ4v) is 3.89. The van der Waals surface area contributed by atoms with Crippen LogP contribution < -0.4 is 5.32 Å². The molecule has 2 unspecified atom stereocenters. The van der Waals surface area contributed by atoms with Gasteiger partial charge in [-0.3, -0.25) is 9.69 Å². The zero-order valence-corrected chi connectivity index (χ0v) is 15.6. The zero-order chi connectivity index (χ0) is 18.0. The first-order valence-corrected chi connectivity index (χ1v) is 9.55. The molecule has 1 aliphatic heterocycles. The van der Waals surface area contributed by atoms with Gasteiger partial charge in [0.25, 0.3) is 5.91 Å². The van der Waals surface area contributed by atoms with Gasteiger partial charge in [-0.15, -0.1) is 0 Å². The molecule has 1 saturated heterocycles. The number of hydrogen-bond donors (Lipinski definition) is 2. The van der Waals surface area contributed by atoms with Crippen LogP contribution in [0.5, 0.6) is 0 Å². The van der Waals surface area contributed by atoms with Gasteiger partial charge in [0, 0.05) is 36.7 Å². The van der Waals surface area contributed by atoms with Gasteiger partial charge < -0.3 is 14.9 Å². The molecular formula is C19H31N3O3. The molecule has 0 aromatic carbocycles. The van der Waals surface area contributed by atoms with E-state index in [1.807, 2.05) is 20.8 Å². The molecule has 25 heavy (non-hydrogen) atoms. The Bertz CT molecular complexity index is 585. The van der Waals surface area contributed by atoms with Gasteiger partial charge in [0.2, 0.25) is 0 Å². The molecule has 2 N–H and O–H groups in total. The van der Waals surface area contributed by atoms with E-state index in [0.717, 1.165) is 51.0 Å². The molecule has 2 atom stereocenters. The van der Waals surface area contributed by atoms with Gasteiger partial charge in [-0.1, -0.05) is 38.8 Å². The van der Waals surface area contributed by atoms with Crippen molar-refractivity contribution in [1.29, 1.82) is 0 Å². The van der Waals surface area contributed by atoms with Gasteiger partial charge in [0.1, 0.15) is 5.76 Å². The van der Waals surface area contributed by atoms with Crippen molar-refractivity contribution in [1.82, 2.24) is 15.4 Å². The number of aliphatic hydroxyl groups excluding tert-OH is 1. The van der Waals surface area contributed by atoms with E-state index < -0.39 is 0 Å². The lowest BCUT2D eigenvalue weighted by molar-refractivity contribution is 0.00725. The highest BCUT2D eigenvalue weighted by Crippen LogP contribution is 2.26. The first-order chi connectivity index (χ1) is 11.8. The summed E-state index contributed by atoms with van der Waals surface area (Å²) < 4.78 is 5.30. The quantitative estimate of drug-likeness (QED) is 0.876. The van der Waals surface area contributed by atoms with Crippen LogP contribution in [0.2, 0.25) is 0 Å². The fourth-order valence-electron chi connectivity index (χ4n) is 3.89. The van der Waals surface area contributed by atoms with Crippen molar-refractivity contribution in [3.8, 4) is 0 Å². The number of rotatable bonds is 3. The Labute approximate surface area is 149 Å². The van der Waals surface area contributed by atoms with Gasteiger partial charge in [-0.05, 0) is 25.7 Å². The van der Waals surface area contributed by atoms with Crippen LogP contribution in [0.15, 0.2) is 10.6 Å². The molecule has 0 radical (unpaired) electrons. The van der Waals surface area contributed by atoms with E-state index >= 15 is 0 Å². The minimum absolute atomic E-state index is 0.155. The van der Waals surface area contributed by atoms with Crippen LogP contribution in [0.3, 0.4) is 0 Å². The summed E-state index contributed by atoms with van der Waals surface area (Å²) in [6, 6.07) is 2.21. The maximum absolute atomic E-state index is 12.4. The summed E-state index contributed by atoms with van der Waals surface area (Å²) >= 11 is 0. The second-order valence-electron chi connectivity index (χ2n) is 8.53. The van der Waals surface area contributed by atoms with Crippen molar-refractivity contribution >= 4 is 5.91 Å². The average Bonchev–Trinajstić information content (AvgIpc) is 3.07. The number of nitrogens with one attached hydrogen (secondary N) is 1. The van der Waals surface area contributed by atoms with Gasteiger partial charge in [0.15, 0.2) is 5.69 Å². The SMILES string of the molecule is CC(C)(C)c1cc(C(=O)NC2CCN(C3CCCCC3O)CC2)no1. The van der Waals surface area contributed by atoms with Crippen LogP contribution in [0.25, 0.3) is 0 Å². The van der Waals surface area contributed by atoms with Crippen LogP contribution in [-0.2, 0) is 5.41 Å². The standard InChI is InChI=1S/C19H31N3O3/c1-19(2,3)17-12-14(21-25-17)18(24)20-13-8-10-22(11-9-13)15-6-4-5-7-16(15)23/h12-13,15-16,23H,4-11H2,1-3H3,(H,20,24). The number of carbonyl (C=O) groups excluding carboxylic acids is 1. The lowest BCUT2D eigenvalue weighted by atomic mass is 9.89. The maximum Gasteiger partial charge on any atom is 0.273 e. The number of carbonyl (C=O) groups is 1. The Morgan fingerprint density at radius 1 is 1.24 bits per heavy atom. The molecule has 1 aliphatic carbocycles. The van der Waals surface area contributed by atoms with E-state index in [0.29, 0.717) is 11.7 Å². The summed E-state index contributed by atoms with van der Waals surface area (Å²) in [5, 5.41) is 17.2. The molecule has 6 heteroatoms. The van der Waals surface area contributed by atoms with Crippen molar-refractivity contribution in [3.05, 3.63) is 17.5 Å². The first-order valence-electron chi connectivity index (χ1n) is 9.55. The molecule has 1 amide bonds. The van der Waals surface area contributed by atoms with Crippen LogP contribution in [-0.4, -0.2) is 52.3 Å². The number of aromatic nitrogens is 1. The fraction of sp³-hybridized carbons (Fsp3) is 0.789. The zero-order valence-electron chi connectivity index (χ0n) is 15.6. The highest BCUT2D eigenvalue weighted by atomic mass is 16.5. The van der Waals surface area contributed by atoms with Crippen LogP contribution in [0.4, 0.5) is 0 Å². The summed E-state index contributed by atoms with van der Waals surface area (Å²) in [7, 11) is 0. The van der Waals surface area contributed by atoms with Gasteiger partial charge in [-0.2, -0.15) is 0 Å². The number of hydrogen-bond acceptors (Lipinski definition) is 5. The Morgan fingerprint density at radius 3 is 2.52 bits per heavy atom. The third kappa shape index (κ3) is 4.42. The highest BCUT2D eigenvalue weighted by molar-refractivity contribution is 5.92. The molecule has 0 spiro atoms. The first kappa shape index (κ1) is 18.4. The summed E-state index contributed by atoms with van der Waals surface area (Å²) in [6.45, 7) is 7.96. The summed E-state index contributed by atoms with van der Waals surface area (Å²) in [6.07, 6.45) is 6.00. The third-order valence-electron chi connectivity index (χ3n) is 5.51. The van der Waals surface area contributed by atoms with Crippen LogP contribution in [0, 0.1) is 0 Å². The Morgan fingerprint density at radius 2 is 1.92 bits per heavy atom. The molecule has 2 aliphatic rings. The number of piperidine rings is 1. The largest absolute Gasteiger partial charge is 0.391 e. The average molecular weight is 349 g/mol. The molecule has 2 heterocycles. The second-order valence-corrected chi connectivity index (χ2v) is 8.53. The van der Waals surface area contributed by atoms with E-state index in [4.69, 9.17) is 4.52 Å².